The average molecular weight is 407 g/mol. The Balaban J connectivity index is 1.41. The second-order valence-corrected chi connectivity index (χ2v) is 8.95. The lowest BCUT2D eigenvalue weighted by molar-refractivity contribution is -0.121. The lowest BCUT2D eigenvalue weighted by Gasteiger charge is -2.18. The molecule has 0 saturated carbocycles. The Kier molecular flexibility index (Phi) is 6.79. The van der Waals surface area contributed by atoms with E-state index in [0.717, 1.165) is 19.3 Å². The highest BCUT2D eigenvalue weighted by Gasteiger charge is 2.35. The molecule has 9 heteroatoms. The standard InChI is InChI=1S/C19H26N4O4S/c1-28(25,26)23-14-6-10-16(23)19-21-18(27-22-19)12-11-17(24)20-13-5-9-15-7-3-2-4-8-15/h2-4,7-8,16H,5-6,9-14H2,1H3,(H,20,24). The van der Waals surface area contributed by atoms with E-state index in [9.17, 15) is 13.2 Å². The van der Waals surface area contributed by atoms with Gasteiger partial charge in [0.05, 0.1) is 12.3 Å². The van der Waals surface area contributed by atoms with E-state index in [1.165, 1.54) is 16.1 Å². The van der Waals surface area contributed by atoms with E-state index in [4.69, 9.17) is 4.52 Å². The summed E-state index contributed by atoms with van der Waals surface area (Å²) < 4.78 is 30.3. The molecule has 1 aliphatic heterocycles. The number of nitrogens with zero attached hydrogens (tertiary/aromatic N) is 3. The molecule has 1 fully saturated rings. The van der Waals surface area contributed by atoms with Crippen LogP contribution in [0.2, 0.25) is 0 Å². The summed E-state index contributed by atoms with van der Waals surface area (Å²) in [5.74, 6) is 0.669. The van der Waals surface area contributed by atoms with Crippen LogP contribution in [-0.4, -0.2) is 48.1 Å². The van der Waals surface area contributed by atoms with Crippen molar-refractivity contribution in [3.63, 3.8) is 0 Å². The van der Waals surface area contributed by atoms with Gasteiger partial charge in [0.2, 0.25) is 21.8 Å². The van der Waals surface area contributed by atoms with Crippen molar-refractivity contribution in [1.29, 1.82) is 0 Å². The highest BCUT2D eigenvalue weighted by Crippen LogP contribution is 2.32. The fraction of sp³-hybridized carbons (Fsp3) is 0.526. The third kappa shape index (κ3) is 5.62. The van der Waals surface area contributed by atoms with Gasteiger partial charge in [0.1, 0.15) is 0 Å². The molecule has 1 aliphatic rings. The van der Waals surface area contributed by atoms with Crippen LogP contribution < -0.4 is 5.32 Å². The summed E-state index contributed by atoms with van der Waals surface area (Å²) >= 11 is 0. The summed E-state index contributed by atoms with van der Waals surface area (Å²) in [5.41, 5.74) is 1.25. The minimum absolute atomic E-state index is 0.0635. The normalized spacial score (nSPS) is 17.7. The van der Waals surface area contributed by atoms with Crippen LogP contribution in [0.3, 0.4) is 0 Å². The first kappa shape index (κ1) is 20.5. The number of carbonyl (C=O) groups excluding carboxylic acids is 1. The number of carbonyl (C=O) groups is 1. The first-order chi connectivity index (χ1) is 13.4. The van der Waals surface area contributed by atoms with E-state index in [2.05, 4.69) is 27.6 Å². The molecule has 1 N–H and O–H groups in total. The van der Waals surface area contributed by atoms with E-state index < -0.39 is 10.0 Å². The van der Waals surface area contributed by atoms with Gasteiger partial charge in [-0.25, -0.2) is 8.42 Å². The minimum atomic E-state index is -3.30. The van der Waals surface area contributed by atoms with Crippen LogP contribution in [0, 0.1) is 0 Å². The predicted octanol–water partition coefficient (Wildman–Crippen LogP) is 1.85. The summed E-state index contributed by atoms with van der Waals surface area (Å²) in [7, 11) is -3.30. The Morgan fingerprint density at radius 3 is 2.82 bits per heavy atom. The number of nitrogens with one attached hydrogen (secondary N) is 1. The van der Waals surface area contributed by atoms with E-state index in [1.807, 2.05) is 18.2 Å². The van der Waals surface area contributed by atoms with Gasteiger partial charge < -0.3 is 9.84 Å². The van der Waals surface area contributed by atoms with Crippen molar-refractivity contribution in [3.8, 4) is 0 Å². The third-order valence-corrected chi connectivity index (χ3v) is 6.07. The van der Waals surface area contributed by atoms with Gasteiger partial charge in [-0.05, 0) is 31.2 Å². The van der Waals surface area contributed by atoms with Crippen LogP contribution in [-0.2, 0) is 27.7 Å². The van der Waals surface area contributed by atoms with Crippen molar-refractivity contribution in [2.45, 2.75) is 44.6 Å². The van der Waals surface area contributed by atoms with Gasteiger partial charge in [-0.15, -0.1) is 0 Å². The molecule has 1 saturated heterocycles. The molecule has 1 amide bonds. The molecule has 1 unspecified atom stereocenters. The van der Waals surface area contributed by atoms with E-state index >= 15 is 0 Å². The van der Waals surface area contributed by atoms with E-state index in [0.29, 0.717) is 37.6 Å². The first-order valence-electron chi connectivity index (χ1n) is 9.53. The van der Waals surface area contributed by atoms with Gasteiger partial charge in [-0.2, -0.15) is 9.29 Å². The monoisotopic (exact) mass is 406 g/mol. The highest BCUT2D eigenvalue weighted by atomic mass is 32.2. The second-order valence-electron chi connectivity index (χ2n) is 7.02. The summed E-state index contributed by atoms with van der Waals surface area (Å²) in [6, 6.07) is 9.77. The predicted molar refractivity (Wildman–Crippen MR) is 104 cm³/mol. The minimum Gasteiger partial charge on any atom is -0.356 e. The maximum atomic E-state index is 12.0. The quantitative estimate of drug-likeness (QED) is 0.637. The van der Waals surface area contributed by atoms with Gasteiger partial charge in [0.15, 0.2) is 5.82 Å². The van der Waals surface area contributed by atoms with Crippen molar-refractivity contribution in [2.24, 2.45) is 0 Å². The molecule has 152 valence electrons. The second kappa shape index (κ2) is 9.29. The highest BCUT2D eigenvalue weighted by molar-refractivity contribution is 7.88. The third-order valence-electron chi connectivity index (χ3n) is 4.78. The van der Waals surface area contributed by atoms with E-state index in [1.54, 1.807) is 0 Å². The Labute approximate surface area is 165 Å². The van der Waals surface area contributed by atoms with Crippen LogP contribution in [0.4, 0.5) is 0 Å². The summed E-state index contributed by atoms with van der Waals surface area (Å²) in [6.45, 7) is 1.09. The number of hydrogen-bond donors (Lipinski definition) is 1. The Morgan fingerprint density at radius 1 is 1.29 bits per heavy atom. The largest absolute Gasteiger partial charge is 0.356 e. The number of hydrogen-bond acceptors (Lipinski definition) is 6. The molecule has 3 rings (SSSR count). The van der Waals surface area contributed by atoms with Gasteiger partial charge in [0.25, 0.3) is 0 Å². The molecule has 28 heavy (non-hydrogen) atoms. The number of amides is 1. The number of rotatable bonds is 9. The van der Waals surface area contributed by atoms with Crippen molar-refractivity contribution in [3.05, 3.63) is 47.6 Å². The fourth-order valence-electron chi connectivity index (χ4n) is 3.37. The molecule has 0 spiro atoms. The number of benzene rings is 1. The van der Waals surface area contributed by atoms with Gasteiger partial charge in [-0.1, -0.05) is 35.5 Å². The van der Waals surface area contributed by atoms with Crippen molar-refractivity contribution in [1.82, 2.24) is 19.8 Å². The summed E-state index contributed by atoms with van der Waals surface area (Å²) in [6.07, 6.45) is 5.03. The molecular weight excluding hydrogens is 380 g/mol. The molecule has 1 aromatic carbocycles. The summed E-state index contributed by atoms with van der Waals surface area (Å²) in [5, 5.41) is 6.82. The van der Waals surface area contributed by atoms with Crippen molar-refractivity contribution in [2.75, 3.05) is 19.3 Å². The Hall–Kier alpha value is -2.26. The molecule has 8 nitrogen and oxygen atoms in total. The van der Waals surface area contributed by atoms with Gasteiger partial charge >= 0.3 is 0 Å². The molecule has 2 heterocycles. The average Bonchev–Trinajstić information content (AvgIpc) is 3.33. The van der Waals surface area contributed by atoms with Crippen molar-refractivity contribution < 1.29 is 17.7 Å². The smallest absolute Gasteiger partial charge is 0.227 e. The number of aryl methyl sites for hydroxylation is 2. The zero-order chi connectivity index (χ0) is 20.0. The maximum Gasteiger partial charge on any atom is 0.227 e. The molecule has 0 radical (unpaired) electrons. The number of sulfonamides is 1. The molecule has 2 aromatic rings. The van der Waals surface area contributed by atoms with Crippen LogP contribution in [0.5, 0.6) is 0 Å². The molecule has 1 aromatic heterocycles. The zero-order valence-corrected chi connectivity index (χ0v) is 16.8. The van der Waals surface area contributed by atoms with E-state index in [-0.39, 0.29) is 18.4 Å². The molecular formula is C19H26N4O4S. The van der Waals surface area contributed by atoms with Gasteiger partial charge in [0, 0.05) is 25.9 Å². The SMILES string of the molecule is CS(=O)(=O)N1CCCC1c1noc(CCC(=O)NCCCc2ccccc2)n1. The Morgan fingerprint density at radius 2 is 2.07 bits per heavy atom. The number of aromatic nitrogens is 2. The van der Waals surface area contributed by atoms with Gasteiger partial charge in [-0.3, -0.25) is 4.79 Å². The Bertz CT molecular complexity index is 882. The fourth-order valence-corrected chi connectivity index (χ4v) is 4.50. The molecule has 0 aliphatic carbocycles. The zero-order valence-electron chi connectivity index (χ0n) is 16.0. The first-order valence-corrected chi connectivity index (χ1v) is 11.4. The topological polar surface area (TPSA) is 105 Å². The van der Waals surface area contributed by atoms with Crippen LogP contribution in [0.15, 0.2) is 34.9 Å². The van der Waals surface area contributed by atoms with Crippen LogP contribution in [0.1, 0.15) is 49.0 Å². The lowest BCUT2D eigenvalue weighted by Crippen LogP contribution is -2.30. The molecule has 0 bridgehead atoms. The summed E-state index contributed by atoms with van der Waals surface area (Å²) in [4.78, 5) is 16.3. The van der Waals surface area contributed by atoms with Crippen LogP contribution in [0.25, 0.3) is 0 Å². The lowest BCUT2D eigenvalue weighted by atomic mass is 10.1. The van der Waals surface area contributed by atoms with Crippen LogP contribution >= 0.6 is 0 Å². The maximum absolute atomic E-state index is 12.0. The molecule has 1 atom stereocenters. The van der Waals surface area contributed by atoms with Crippen molar-refractivity contribution >= 4 is 15.9 Å².